The van der Waals surface area contributed by atoms with Crippen molar-refractivity contribution in [2.45, 2.75) is 25.1 Å². The average Bonchev–Trinajstić information content (AvgIpc) is 3.05. The molecule has 1 fully saturated rings. The summed E-state index contributed by atoms with van der Waals surface area (Å²) in [5.74, 6) is 0.913. The number of Topliss-reactive ketones (excluding diaryl/α,β-unsaturated/α-hetero) is 1. The molecule has 5 heteroatoms. The Labute approximate surface area is 155 Å². The van der Waals surface area contributed by atoms with Crippen molar-refractivity contribution in [3.05, 3.63) is 63.6 Å². The van der Waals surface area contributed by atoms with Crippen LogP contribution in [0.1, 0.15) is 34.1 Å². The van der Waals surface area contributed by atoms with E-state index in [0.717, 1.165) is 28.8 Å². The highest BCUT2D eigenvalue weighted by Gasteiger charge is 2.39. The number of hydrogen-bond acceptors (Lipinski definition) is 4. The van der Waals surface area contributed by atoms with Gasteiger partial charge in [0.1, 0.15) is 12.0 Å². The maximum atomic E-state index is 12.6. The van der Waals surface area contributed by atoms with Crippen LogP contribution >= 0.6 is 15.9 Å². The molecule has 4 nitrogen and oxygen atoms in total. The van der Waals surface area contributed by atoms with Gasteiger partial charge in [0.15, 0.2) is 5.78 Å². The zero-order valence-corrected chi connectivity index (χ0v) is 15.7. The van der Waals surface area contributed by atoms with Gasteiger partial charge in [-0.25, -0.2) is 0 Å². The largest absolute Gasteiger partial charge is 0.497 e. The molecule has 0 aromatic heterocycles. The Bertz CT molecular complexity index is 790. The first-order chi connectivity index (χ1) is 12.2. The van der Waals surface area contributed by atoms with Crippen molar-refractivity contribution in [1.29, 1.82) is 0 Å². The fourth-order valence-electron chi connectivity index (χ4n) is 3.71. The van der Waals surface area contributed by atoms with Gasteiger partial charge in [0.05, 0.1) is 13.7 Å². The van der Waals surface area contributed by atoms with Gasteiger partial charge in [-0.15, -0.1) is 0 Å². The fourth-order valence-corrected chi connectivity index (χ4v) is 4.09. The third-order valence-corrected chi connectivity index (χ3v) is 5.56. The molecule has 25 heavy (non-hydrogen) atoms. The van der Waals surface area contributed by atoms with Gasteiger partial charge >= 0.3 is 0 Å². The van der Waals surface area contributed by atoms with Crippen LogP contribution in [0.5, 0.6) is 5.75 Å². The Morgan fingerprint density at radius 1 is 1.28 bits per heavy atom. The van der Waals surface area contributed by atoms with E-state index in [1.54, 1.807) is 7.11 Å². The summed E-state index contributed by atoms with van der Waals surface area (Å²) in [7, 11) is 1.62. The summed E-state index contributed by atoms with van der Waals surface area (Å²) in [5.41, 5.74) is 3.29. The molecule has 0 N–H and O–H groups in total. The van der Waals surface area contributed by atoms with E-state index in [1.807, 2.05) is 24.3 Å². The standard InChI is InChI=1S/C20H20BrNO3/c1-24-17-6-3-14(4-7-17)19(23)11-16-12-25-20-18-10-15(21)5-2-13(18)8-9-22(16)20/h2-7,10,16,20H,8-9,11-12H2,1H3/t16-,20+/m1/s1. The number of nitrogens with zero attached hydrogens (tertiary/aromatic N) is 1. The Kier molecular flexibility index (Phi) is 4.63. The second-order valence-corrected chi connectivity index (χ2v) is 7.44. The van der Waals surface area contributed by atoms with Crippen LogP contribution in [0.15, 0.2) is 46.9 Å². The summed E-state index contributed by atoms with van der Waals surface area (Å²) in [6.45, 7) is 1.53. The van der Waals surface area contributed by atoms with E-state index in [4.69, 9.17) is 9.47 Å². The van der Waals surface area contributed by atoms with E-state index in [9.17, 15) is 4.79 Å². The van der Waals surface area contributed by atoms with Gasteiger partial charge in [0.2, 0.25) is 0 Å². The quantitative estimate of drug-likeness (QED) is 0.726. The maximum absolute atomic E-state index is 12.6. The van der Waals surface area contributed by atoms with Gasteiger partial charge in [-0.3, -0.25) is 9.69 Å². The smallest absolute Gasteiger partial charge is 0.164 e. The first-order valence-corrected chi connectivity index (χ1v) is 9.28. The van der Waals surface area contributed by atoms with Crippen LogP contribution in [0.25, 0.3) is 0 Å². The molecule has 4 rings (SSSR count). The molecule has 2 aliphatic heterocycles. The molecule has 0 spiro atoms. The number of carbonyl (C=O) groups excluding carboxylic acids is 1. The molecule has 0 bridgehead atoms. The van der Waals surface area contributed by atoms with Crippen molar-refractivity contribution in [2.24, 2.45) is 0 Å². The number of ketones is 1. The lowest BCUT2D eigenvalue weighted by atomic mass is 9.96. The number of fused-ring (bicyclic) bond motifs is 3. The van der Waals surface area contributed by atoms with Crippen LogP contribution in [-0.2, 0) is 11.2 Å². The van der Waals surface area contributed by atoms with E-state index in [1.165, 1.54) is 11.1 Å². The van der Waals surface area contributed by atoms with Crippen LogP contribution in [0, 0.1) is 0 Å². The van der Waals surface area contributed by atoms with Gasteiger partial charge in [-0.1, -0.05) is 22.0 Å². The van der Waals surface area contributed by atoms with Crippen molar-refractivity contribution in [1.82, 2.24) is 4.90 Å². The first-order valence-electron chi connectivity index (χ1n) is 8.48. The Hall–Kier alpha value is -1.69. The van der Waals surface area contributed by atoms with Gasteiger partial charge in [-0.05, 0) is 53.9 Å². The summed E-state index contributed by atoms with van der Waals surface area (Å²) < 4.78 is 12.3. The Balaban J connectivity index is 1.49. The lowest BCUT2D eigenvalue weighted by molar-refractivity contribution is 0.0215. The van der Waals surface area contributed by atoms with Crippen LogP contribution in [-0.4, -0.2) is 37.0 Å². The third-order valence-electron chi connectivity index (χ3n) is 5.06. The van der Waals surface area contributed by atoms with Crippen molar-refractivity contribution in [3.8, 4) is 5.75 Å². The third kappa shape index (κ3) is 3.24. The minimum atomic E-state index is -0.0325. The average molecular weight is 402 g/mol. The minimum absolute atomic E-state index is 0.0325. The molecule has 2 aliphatic rings. The molecular weight excluding hydrogens is 382 g/mol. The number of carbonyl (C=O) groups is 1. The predicted molar refractivity (Wildman–Crippen MR) is 99.0 cm³/mol. The first kappa shape index (κ1) is 16.8. The van der Waals surface area contributed by atoms with Crippen molar-refractivity contribution in [2.75, 3.05) is 20.3 Å². The Morgan fingerprint density at radius 2 is 2.08 bits per heavy atom. The lowest BCUT2D eigenvalue weighted by Crippen LogP contribution is -2.39. The summed E-state index contributed by atoms with van der Waals surface area (Å²) >= 11 is 3.55. The topological polar surface area (TPSA) is 38.8 Å². The Morgan fingerprint density at radius 3 is 2.84 bits per heavy atom. The number of ether oxygens (including phenoxy) is 2. The molecule has 130 valence electrons. The lowest BCUT2D eigenvalue weighted by Gasteiger charge is -2.33. The molecule has 2 heterocycles. The SMILES string of the molecule is COc1ccc(C(=O)C[C@@H]2CO[C@H]3c4cc(Br)ccc4CCN23)cc1. The zero-order valence-electron chi connectivity index (χ0n) is 14.1. The van der Waals surface area contributed by atoms with Gasteiger partial charge in [-0.2, -0.15) is 0 Å². The minimum Gasteiger partial charge on any atom is -0.497 e. The summed E-state index contributed by atoms with van der Waals surface area (Å²) in [4.78, 5) is 15.0. The molecule has 0 aliphatic carbocycles. The van der Waals surface area contributed by atoms with Gasteiger partial charge in [0, 0.05) is 29.0 Å². The van der Waals surface area contributed by atoms with Crippen LogP contribution in [0.3, 0.4) is 0 Å². The molecule has 0 radical (unpaired) electrons. The second kappa shape index (κ2) is 6.90. The molecule has 2 atom stereocenters. The number of methoxy groups -OCH3 is 1. The van der Waals surface area contributed by atoms with Crippen LogP contribution in [0.4, 0.5) is 0 Å². The number of halogens is 1. The van der Waals surface area contributed by atoms with Crippen molar-refractivity contribution >= 4 is 21.7 Å². The van der Waals surface area contributed by atoms with E-state index in [2.05, 4.69) is 39.0 Å². The normalized spacial score (nSPS) is 22.3. The molecule has 0 saturated carbocycles. The molecule has 0 unspecified atom stereocenters. The summed E-state index contributed by atoms with van der Waals surface area (Å²) in [6, 6.07) is 13.8. The second-order valence-electron chi connectivity index (χ2n) is 6.53. The van der Waals surface area contributed by atoms with Crippen LogP contribution in [0.2, 0.25) is 0 Å². The van der Waals surface area contributed by atoms with E-state index < -0.39 is 0 Å². The summed E-state index contributed by atoms with van der Waals surface area (Å²) in [5, 5.41) is 0. The van der Waals surface area contributed by atoms with Crippen molar-refractivity contribution in [3.63, 3.8) is 0 Å². The van der Waals surface area contributed by atoms with Crippen molar-refractivity contribution < 1.29 is 14.3 Å². The van der Waals surface area contributed by atoms with Crippen LogP contribution < -0.4 is 4.74 Å². The predicted octanol–water partition coefficient (Wildman–Crippen LogP) is 3.99. The molecule has 1 saturated heterocycles. The number of benzene rings is 2. The monoisotopic (exact) mass is 401 g/mol. The molecule has 2 aromatic carbocycles. The highest BCUT2D eigenvalue weighted by atomic mass is 79.9. The number of rotatable bonds is 4. The number of hydrogen-bond donors (Lipinski definition) is 0. The summed E-state index contributed by atoms with van der Waals surface area (Å²) in [6.07, 6.45) is 1.44. The van der Waals surface area contributed by atoms with Gasteiger partial charge in [0.25, 0.3) is 0 Å². The molecular formula is C20H20BrNO3. The highest BCUT2D eigenvalue weighted by Crippen LogP contribution is 2.38. The molecule has 0 amide bonds. The van der Waals surface area contributed by atoms with Gasteiger partial charge < -0.3 is 9.47 Å². The highest BCUT2D eigenvalue weighted by molar-refractivity contribution is 9.10. The van der Waals surface area contributed by atoms with E-state index >= 15 is 0 Å². The fraction of sp³-hybridized carbons (Fsp3) is 0.350. The zero-order chi connectivity index (χ0) is 17.4. The van der Waals surface area contributed by atoms with E-state index in [-0.39, 0.29) is 18.1 Å². The maximum Gasteiger partial charge on any atom is 0.164 e. The molecule has 2 aromatic rings. The van der Waals surface area contributed by atoms with E-state index in [0.29, 0.717) is 13.0 Å².